The van der Waals surface area contributed by atoms with Gasteiger partial charge < -0.3 is 19.5 Å². The lowest BCUT2D eigenvalue weighted by atomic mass is 10.1. The van der Waals surface area contributed by atoms with Gasteiger partial charge in [0.1, 0.15) is 0 Å². The minimum absolute atomic E-state index is 0.221. The zero-order valence-electron chi connectivity index (χ0n) is 18.6. The van der Waals surface area contributed by atoms with Crippen molar-refractivity contribution in [3.8, 4) is 17.2 Å². The summed E-state index contributed by atoms with van der Waals surface area (Å²) in [4.78, 5) is 37.4. The molecular weight excluding hydrogens is 462 g/mol. The van der Waals surface area contributed by atoms with Gasteiger partial charge >= 0.3 is 0 Å². The van der Waals surface area contributed by atoms with Crippen LogP contribution in [-0.2, 0) is 0 Å². The molecule has 3 amide bonds. The molecule has 0 spiro atoms. The third-order valence-electron chi connectivity index (χ3n) is 4.71. The Labute approximate surface area is 200 Å². The van der Waals surface area contributed by atoms with Gasteiger partial charge in [0, 0.05) is 27.4 Å². The summed E-state index contributed by atoms with van der Waals surface area (Å²) in [7, 11) is 4.37. The predicted molar refractivity (Wildman–Crippen MR) is 127 cm³/mol. The highest BCUT2D eigenvalue weighted by atomic mass is 35.5. The van der Waals surface area contributed by atoms with Crippen LogP contribution in [0.5, 0.6) is 17.2 Å². The highest BCUT2D eigenvalue weighted by molar-refractivity contribution is 6.30. The zero-order valence-corrected chi connectivity index (χ0v) is 19.4. The molecule has 0 bridgehead atoms. The van der Waals surface area contributed by atoms with Crippen molar-refractivity contribution < 1.29 is 28.6 Å². The largest absolute Gasteiger partial charge is 0.493 e. The smallest absolute Gasteiger partial charge is 0.269 e. The van der Waals surface area contributed by atoms with Crippen LogP contribution in [-0.4, -0.2) is 39.1 Å². The summed E-state index contributed by atoms with van der Waals surface area (Å²) < 4.78 is 15.8. The van der Waals surface area contributed by atoms with Gasteiger partial charge in [-0.05, 0) is 54.6 Å². The lowest BCUT2D eigenvalue weighted by Gasteiger charge is -2.14. The number of ether oxygens (including phenoxy) is 3. The van der Waals surface area contributed by atoms with Gasteiger partial charge in [0.15, 0.2) is 11.5 Å². The molecule has 9 nitrogen and oxygen atoms in total. The van der Waals surface area contributed by atoms with Crippen molar-refractivity contribution in [2.75, 3.05) is 26.6 Å². The maximum absolute atomic E-state index is 12.8. The van der Waals surface area contributed by atoms with Crippen molar-refractivity contribution in [3.05, 3.63) is 82.4 Å². The van der Waals surface area contributed by atoms with Gasteiger partial charge in [-0.3, -0.25) is 25.2 Å². The molecule has 0 aliphatic carbocycles. The molecule has 10 heteroatoms. The number of carbonyl (C=O) groups is 3. The Morgan fingerprint density at radius 2 is 1.26 bits per heavy atom. The van der Waals surface area contributed by atoms with Gasteiger partial charge in [0.05, 0.1) is 21.3 Å². The van der Waals surface area contributed by atoms with Gasteiger partial charge in [-0.25, -0.2) is 0 Å². The number of nitrogens with one attached hydrogen (secondary N) is 3. The fourth-order valence-electron chi connectivity index (χ4n) is 3.01. The molecular formula is C24H22ClN3O6. The Kier molecular flexibility index (Phi) is 7.94. The second-order valence-electron chi connectivity index (χ2n) is 6.86. The molecule has 3 N–H and O–H groups in total. The van der Waals surface area contributed by atoms with Gasteiger partial charge in [-0.1, -0.05) is 17.7 Å². The van der Waals surface area contributed by atoms with Crippen molar-refractivity contribution in [3.63, 3.8) is 0 Å². The Hall–Kier alpha value is -4.24. The average molecular weight is 484 g/mol. The molecule has 0 atom stereocenters. The van der Waals surface area contributed by atoms with Crippen LogP contribution in [0.2, 0.25) is 5.02 Å². The van der Waals surface area contributed by atoms with Crippen LogP contribution >= 0.6 is 11.6 Å². The molecule has 0 fully saturated rings. The van der Waals surface area contributed by atoms with Crippen molar-refractivity contribution in [1.29, 1.82) is 0 Å². The van der Waals surface area contributed by atoms with E-state index in [1.807, 2.05) is 0 Å². The third kappa shape index (κ3) is 5.76. The first-order chi connectivity index (χ1) is 16.4. The lowest BCUT2D eigenvalue weighted by Crippen LogP contribution is -2.41. The monoisotopic (exact) mass is 483 g/mol. The Morgan fingerprint density at radius 1 is 0.676 bits per heavy atom. The molecule has 3 aromatic rings. The Bertz CT molecular complexity index is 1190. The van der Waals surface area contributed by atoms with Crippen LogP contribution in [0, 0.1) is 0 Å². The molecule has 176 valence electrons. The third-order valence-corrected chi connectivity index (χ3v) is 4.96. The average Bonchev–Trinajstić information content (AvgIpc) is 2.86. The van der Waals surface area contributed by atoms with Crippen LogP contribution in [0.4, 0.5) is 5.69 Å². The molecule has 0 heterocycles. The summed E-state index contributed by atoms with van der Waals surface area (Å²) in [5.74, 6) is -0.495. The number of hydrogen-bond acceptors (Lipinski definition) is 6. The van der Waals surface area contributed by atoms with Crippen molar-refractivity contribution in [2.45, 2.75) is 0 Å². The Balaban J connectivity index is 1.69. The number of methoxy groups -OCH3 is 3. The summed E-state index contributed by atoms with van der Waals surface area (Å²) in [6, 6.07) is 15.5. The van der Waals surface area contributed by atoms with Gasteiger partial charge in [0.25, 0.3) is 17.7 Å². The number of hydrogen-bond donors (Lipinski definition) is 3. The minimum atomic E-state index is -0.564. The van der Waals surface area contributed by atoms with E-state index in [1.54, 1.807) is 30.3 Å². The van der Waals surface area contributed by atoms with Crippen molar-refractivity contribution >= 4 is 35.0 Å². The first-order valence-corrected chi connectivity index (χ1v) is 10.3. The highest BCUT2D eigenvalue weighted by Gasteiger charge is 2.17. The number of anilines is 1. The number of amides is 3. The lowest BCUT2D eigenvalue weighted by molar-refractivity contribution is 0.0846. The van der Waals surface area contributed by atoms with E-state index in [-0.39, 0.29) is 11.1 Å². The Morgan fingerprint density at radius 3 is 1.82 bits per heavy atom. The van der Waals surface area contributed by atoms with Gasteiger partial charge in [0.2, 0.25) is 5.75 Å². The normalized spacial score (nSPS) is 10.1. The van der Waals surface area contributed by atoms with E-state index in [9.17, 15) is 14.4 Å². The minimum Gasteiger partial charge on any atom is -0.493 e. The number of rotatable bonds is 7. The molecule has 3 aromatic carbocycles. The van der Waals surface area contributed by atoms with Crippen LogP contribution in [0.3, 0.4) is 0 Å². The first-order valence-electron chi connectivity index (χ1n) is 9.94. The predicted octanol–water partition coefficient (Wildman–Crippen LogP) is 3.69. The molecule has 0 aliphatic rings. The summed E-state index contributed by atoms with van der Waals surface area (Å²) >= 11 is 5.81. The molecule has 0 saturated carbocycles. The molecule has 0 aliphatic heterocycles. The van der Waals surface area contributed by atoms with Crippen LogP contribution in [0.1, 0.15) is 31.1 Å². The maximum atomic E-state index is 12.8. The molecule has 34 heavy (non-hydrogen) atoms. The second-order valence-corrected chi connectivity index (χ2v) is 7.30. The molecule has 0 unspecified atom stereocenters. The standard InChI is InChI=1S/C24H22ClN3O6/c1-32-19-12-16(13-20(33-2)21(19)34-3)22(29)26-18-6-4-5-15(11-18)24(31)28-27-23(30)14-7-9-17(25)10-8-14/h4-13H,1-3H3,(H,26,29)(H,27,30)(H,28,31). The number of hydrazine groups is 1. The first kappa shape index (κ1) is 24.4. The van der Waals surface area contributed by atoms with Gasteiger partial charge in [-0.2, -0.15) is 0 Å². The van der Waals surface area contributed by atoms with E-state index in [0.29, 0.717) is 33.5 Å². The molecule has 0 saturated heterocycles. The SMILES string of the molecule is COc1cc(C(=O)Nc2cccc(C(=O)NNC(=O)c3ccc(Cl)cc3)c2)cc(OC)c1OC. The van der Waals surface area contributed by atoms with Crippen LogP contribution in [0.15, 0.2) is 60.7 Å². The van der Waals surface area contributed by atoms with Crippen molar-refractivity contribution in [1.82, 2.24) is 10.9 Å². The van der Waals surface area contributed by atoms with E-state index in [2.05, 4.69) is 16.2 Å². The van der Waals surface area contributed by atoms with E-state index >= 15 is 0 Å². The summed E-state index contributed by atoms with van der Waals surface area (Å²) in [5, 5.41) is 3.21. The van der Waals surface area contributed by atoms with E-state index in [4.69, 9.17) is 25.8 Å². The summed E-state index contributed by atoms with van der Waals surface area (Å²) in [5.41, 5.74) is 5.85. The zero-order chi connectivity index (χ0) is 24.7. The molecule has 3 rings (SSSR count). The number of halogens is 1. The quantitative estimate of drug-likeness (QED) is 0.441. The van der Waals surface area contributed by atoms with Gasteiger partial charge in [-0.15, -0.1) is 0 Å². The van der Waals surface area contributed by atoms with Crippen LogP contribution < -0.4 is 30.4 Å². The van der Waals surface area contributed by atoms with E-state index < -0.39 is 17.7 Å². The summed E-state index contributed by atoms with van der Waals surface area (Å²) in [6.07, 6.45) is 0. The van der Waals surface area contributed by atoms with Crippen molar-refractivity contribution in [2.24, 2.45) is 0 Å². The van der Waals surface area contributed by atoms with E-state index in [1.165, 1.54) is 51.7 Å². The fourth-order valence-corrected chi connectivity index (χ4v) is 3.14. The topological polar surface area (TPSA) is 115 Å². The molecule has 0 aromatic heterocycles. The highest BCUT2D eigenvalue weighted by Crippen LogP contribution is 2.38. The maximum Gasteiger partial charge on any atom is 0.269 e. The number of carbonyl (C=O) groups excluding carboxylic acids is 3. The van der Waals surface area contributed by atoms with E-state index in [0.717, 1.165) is 0 Å². The number of benzene rings is 3. The summed E-state index contributed by atoms with van der Waals surface area (Å²) in [6.45, 7) is 0. The van der Waals surface area contributed by atoms with Crippen LogP contribution in [0.25, 0.3) is 0 Å². The molecule has 0 radical (unpaired) electrons. The fraction of sp³-hybridized carbons (Fsp3) is 0.125. The second kappa shape index (κ2) is 11.1.